The number of benzene rings is 3. The molecule has 4 heteroatoms. The second-order valence-electron chi connectivity index (χ2n) is 6.38. The van der Waals surface area contributed by atoms with Crippen molar-refractivity contribution < 1.29 is 14.3 Å². The molecule has 0 spiro atoms. The van der Waals surface area contributed by atoms with Crippen molar-refractivity contribution in [1.29, 1.82) is 0 Å². The van der Waals surface area contributed by atoms with Crippen LogP contribution in [-0.4, -0.2) is 37.1 Å². The molecule has 0 saturated carbocycles. The second-order valence-corrected chi connectivity index (χ2v) is 6.38. The van der Waals surface area contributed by atoms with Crippen LogP contribution >= 0.6 is 0 Å². The molecule has 1 saturated heterocycles. The van der Waals surface area contributed by atoms with E-state index in [9.17, 15) is 4.79 Å². The van der Waals surface area contributed by atoms with Gasteiger partial charge in [-0.3, -0.25) is 4.79 Å². The first-order chi connectivity index (χ1) is 12.8. The Bertz CT molecular complexity index is 889. The van der Waals surface area contributed by atoms with E-state index in [-0.39, 0.29) is 18.6 Å². The Morgan fingerprint density at radius 1 is 1.00 bits per heavy atom. The summed E-state index contributed by atoms with van der Waals surface area (Å²) in [5.41, 5.74) is 1.10. The molecule has 132 valence electrons. The molecule has 3 aromatic rings. The molecule has 1 aliphatic rings. The maximum absolute atomic E-state index is 12.6. The van der Waals surface area contributed by atoms with Crippen LogP contribution < -0.4 is 4.74 Å². The summed E-state index contributed by atoms with van der Waals surface area (Å²) in [7, 11) is 0. The van der Waals surface area contributed by atoms with Crippen molar-refractivity contribution in [3.05, 3.63) is 78.4 Å². The van der Waals surface area contributed by atoms with Crippen molar-refractivity contribution in [1.82, 2.24) is 4.90 Å². The van der Waals surface area contributed by atoms with Gasteiger partial charge in [0.25, 0.3) is 5.91 Å². The minimum Gasteiger partial charge on any atom is -0.483 e. The molecule has 0 N–H and O–H groups in total. The Morgan fingerprint density at radius 2 is 1.77 bits per heavy atom. The number of morpholine rings is 1. The number of hydrogen-bond acceptors (Lipinski definition) is 3. The molecule has 1 aliphatic heterocycles. The monoisotopic (exact) mass is 347 g/mol. The highest BCUT2D eigenvalue weighted by Crippen LogP contribution is 2.26. The Balaban J connectivity index is 1.41. The Hall–Kier alpha value is -2.85. The number of ether oxygens (including phenoxy) is 2. The van der Waals surface area contributed by atoms with Crippen LogP contribution in [0.25, 0.3) is 10.8 Å². The fourth-order valence-corrected chi connectivity index (χ4v) is 3.30. The van der Waals surface area contributed by atoms with E-state index in [4.69, 9.17) is 9.47 Å². The number of nitrogens with zero attached hydrogens (tertiary/aromatic N) is 1. The van der Waals surface area contributed by atoms with Gasteiger partial charge >= 0.3 is 0 Å². The van der Waals surface area contributed by atoms with E-state index in [1.54, 1.807) is 0 Å². The lowest BCUT2D eigenvalue weighted by molar-refractivity contribution is -0.141. The van der Waals surface area contributed by atoms with E-state index in [1.807, 2.05) is 77.7 Å². The SMILES string of the molecule is O=C(COc1cccc2ccccc12)N1CCO[C@@H](c2ccccc2)C1. The highest BCUT2D eigenvalue weighted by atomic mass is 16.5. The summed E-state index contributed by atoms with van der Waals surface area (Å²) >= 11 is 0. The summed E-state index contributed by atoms with van der Waals surface area (Å²) in [4.78, 5) is 14.5. The molecule has 1 amide bonds. The minimum absolute atomic E-state index is 0.0119. The van der Waals surface area contributed by atoms with Crippen molar-refractivity contribution in [3.8, 4) is 5.75 Å². The molecule has 0 unspecified atom stereocenters. The van der Waals surface area contributed by atoms with E-state index >= 15 is 0 Å². The Morgan fingerprint density at radius 3 is 2.65 bits per heavy atom. The van der Waals surface area contributed by atoms with Gasteiger partial charge in [-0.05, 0) is 17.0 Å². The second kappa shape index (κ2) is 7.58. The summed E-state index contributed by atoms with van der Waals surface area (Å²) in [6.45, 7) is 1.73. The predicted molar refractivity (Wildman–Crippen MR) is 101 cm³/mol. The van der Waals surface area contributed by atoms with Crippen LogP contribution in [0.4, 0.5) is 0 Å². The minimum atomic E-state index is -0.0774. The lowest BCUT2D eigenvalue weighted by Gasteiger charge is -2.33. The lowest BCUT2D eigenvalue weighted by atomic mass is 10.1. The number of carbonyl (C=O) groups excluding carboxylic acids is 1. The fourth-order valence-electron chi connectivity index (χ4n) is 3.30. The van der Waals surface area contributed by atoms with Crippen molar-refractivity contribution in [2.75, 3.05) is 26.3 Å². The van der Waals surface area contributed by atoms with Crippen molar-refractivity contribution in [2.24, 2.45) is 0 Å². The summed E-state index contributed by atoms with van der Waals surface area (Å²) in [6.07, 6.45) is -0.0774. The van der Waals surface area contributed by atoms with Gasteiger partial charge in [-0.25, -0.2) is 0 Å². The van der Waals surface area contributed by atoms with Gasteiger partial charge in [0.1, 0.15) is 11.9 Å². The third kappa shape index (κ3) is 3.55. The lowest BCUT2D eigenvalue weighted by Crippen LogP contribution is -2.44. The largest absolute Gasteiger partial charge is 0.483 e. The molecule has 1 heterocycles. The molecule has 4 rings (SSSR count). The molecule has 0 radical (unpaired) electrons. The number of rotatable bonds is 4. The van der Waals surface area contributed by atoms with Gasteiger partial charge in [-0.2, -0.15) is 0 Å². The normalized spacial score (nSPS) is 17.2. The van der Waals surface area contributed by atoms with Gasteiger partial charge < -0.3 is 14.4 Å². The van der Waals surface area contributed by atoms with Crippen LogP contribution in [0.1, 0.15) is 11.7 Å². The maximum Gasteiger partial charge on any atom is 0.260 e. The number of hydrogen-bond donors (Lipinski definition) is 0. The molecular formula is C22H21NO3. The first kappa shape index (κ1) is 16.6. The molecule has 0 aliphatic carbocycles. The van der Waals surface area contributed by atoms with E-state index in [0.717, 1.165) is 22.1 Å². The number of carbonyl (C=O) groups is 1. The zero-order valence-electron chi connectivity index (χ0n) is 14.5. The molecular weight excluding hydrogens is 326 g/mol. The molecule has 26 heavy (non-hydrogen) atoms. The van der Waals surface area contributed by atoms with Crippen LogP contribution in [0.3, 0.4) is 0 Å². The van der Waals surface area contributed by atoms with Gasteiger partial charge in [-0.15, -0.1) is 0 Å². The average molecular weight is 347 g/mol. The molecule has 0 aromatic heterocycles. The Labute approximate surface area is 153 Å². The van der Waals surface area contributed by atoms with Gasteiger partial charge in [-0.1, -0.05) is 66.7 Å². The van der Waals surface area contributed by atoms with Crippen LogP contribution in [0.2, 0.25) is 0 Å². The van der Waals surface area contributed by atoms with E-state index in [0.29, 0.717) is 19.7 Å². The fraction of sp³-hybridized carbons (Fsp3) is 0.227. The van der Waals surface area contributed by atoms with Gasteiger partial charge in [0, 0.05) is 11.9 Å². The third-order valence-corrected chi connectivity index (χ3v) is 4.69. The molecule has 0 bridgehead atoms. The maximum atomic E-state index is 12.6. The molecule has 3 aromatic carbocycles. The van der Waals surface area contributed by atoms with Gasteiger partial charge in [0.15, 0.2) is 6.61 Å². The molecule has 1 fully saturated rings. The zero-order chi connectivity index (χ0) is 17.8. The van der Waals surface area contributed by atoms with Crippen molar-refractivity contribution in [3.63, 3.8) is 0 Å². The van der Waals surface area contributed by atoms with E-state index in [2.05, 4.69) is 0 Å². The number of amides is 1. The first-order valence-corrected chi connectivity index (χ1v) is 8.86. The van der Waals surface area contributed by atoms with Crippen LogP contribution in [0, 0.1) is 0 Å². The summed E-state index contributed by atoms with van der Waals surface area (Å²) < 4.78 is 11.7. The highest BCUT2D eigenvalue weighted by Gasteiger charge is 2.25. The topological polar surface area (TPSA) is 38.8 Å². The van der Waals surface area contributed by atoms with E-state index < -0.39 is 0 Å². The third-order valence-electron chi connectivity index (χ3n) is 4.69. The summed E-state index contributed by atoms with van der Waals surface area (Å²) in [5, 5.41) is 2.12. The van der Waals surface area contributed by atoms with E-state index in [1.165, 1.54) is 0 Å². The molecule has 4 nitrogen and oxygen atoms in total. The standard InChI is InChI=1S/C22H21NO3/c24-22(16-26-20-12-6-10-17-7-4-5-11-19(17)20)23-13-14-25-21(15-23)18-8-2-1-3-9-18/h1-12,21H,13-16H2/t21-/m1/s1. The average Bonchev–Trinajstić information content (AvgIpc) is 2.72. The molecule has 1 atom stereocenters. The highest BCUT2D eigenvalue weighted by molar-refractivity contribution is 5.88. The zero-order valence-corrected chi connectivity index (χ0v) is 14.5. The Kier molecular flexibility index (Phi) is 4.84. The van der Waals surface area contributed by atoms with Crippen LogP contribution in [0.5, 0.6) is 5.75 Å². The number of fused-ring (bicyclic) bond motifs is 1. The van der Waals surface area contributed by atoms with Gasteiger partial charge in [0.2, 0.25) is 0 Å². The smallest absolute Gasteiger partial charge is 0.260 e. The first-order valence-electron chi connectivity index (χ1n) is 8.86. The van der Waals surface area contributed by atoms with Crippen LogP contribution in [0.15, 0.2) is 72.8 Å². The predicted octanol–water partition coefficient (Wildman–Crippen LogP) is 3.82. The van der Waals surface area contributed by atoms with Crippen molar-refractivity contribution in [2.45, 2.75) is 6.10 Å². The van der Waals surface area contributed by atoms with Crippen LogP contribution in [-0.2, 0) is 9.53 Å². The van der Waals surface area contributed by atoms with Crippen molar-refractivity contribution >= 4 is 16.7 Å². The van der Waals surface area contributed by atoms with Gasteiger partial charge in [0.05, 0.1) is 13.2 Å². The summed E-state index contributed by atoms with van der Waals surface area (Å²) in [5.74, 6) is 0.728. The summed E-state index contributed by atoms with van der Waals surface area (Å²) in [6, 6.07) is 23.9. The quantitative estimate of drug-likeness (QED) is 0.720.